The lowest BCUT2D eigenvalue weighted by Gasteiger charge is -2.14. The molecule has 0 saturated carbocycles. The van der Waals surface area contributed by atoms with Crippen LogP contribution < -0.4 is 0 Å². The lowest BCUT2D eigenvalue weighted by Crippen LogP contribution is -2.16. The summed E-state index contributed by atoms with van der Waals surface area (Å²) in [4.78, 5) is 9.69. The molecule has 0 fully saturated rings. The number of hydroxylamine groups is 2. The Morgan fingerprint density at radius 2 is 1.69 bits per heavy atom. The number of benzene rings is 3. The number of pyridine rings is 1. The first-order valence-corrected chi connectivity index (χ1v) is 10.3. The van der Waals surface area contributed by atoms with Gasteiger partial charge in [-0.05, 0) is 34.7 Å². The van der Waals surface area contributed by atoms with Crippen molar-refractivity contribution in [1.29, 1.82) is 0 Å². The quantitative estimate of drug-likeness (QED) is 0.277. The van der Waals surface area contributed by atoms with E-state index in [1.54, 1.807) is 0 Å². The zero-order valence-corrected chi connectivity index (χ0v) is 16.6. The van der Waals surface area contributed by atoms with Gasteiger partial charge in [-0.15, -0.1) is 0 Å². The largest absolute Gasteiger partial charge is 0.306 e. The molecule has 0 amide bonds. The summed E-state index contributed by atoms with van der Waals surface area (Å²) in [5, 5.41) is 13.2. The number of nitrogens with zero attached hydrogens (tertiary/aromatic N) is 2. The highest BCUT2D eigenvalue weighted by Gasteiger charge is 2.13. The second-order valence-electron chi connectivity index (χ2n) is 6.72. The third-order valence-corrected chi connectivity index (χ3v) is 5.37. The van der Waals surface area contributed by atoms with Crippen LogP contribution in [0.25, 0.3) is 32.9 Å². The molecule has 29 heavy (non-hydrogen) atoms. The van der Waals surface area contributed by atoms with Gasteiger partial charge in [-0.25, -0.2) is 9.19 Å². The first kappa shape index (κ1) is 19.6. The van der Waals surface area contributed by atoms with E-state index < -0.39 is 11.1 Å². The molecule has 3 aromatic carbocycles. The molecular weight excluding hydrogens is 388 g/mol. The van der Waals surface area contributed by atoms with Crippen LogP contribution in [0.2, 0.25) is 0 Å². The molecule has 1 atom stereocenters. The molecule has 0 spiro atoms. The van der Waals surface area contributed by atoms with E-state index in [0.717, 1.165) is 49.3 Å². The Balaban J connectivity index is 1.98. The maximum atomic E-state index is 11.3. The summed E-state index contributed by atoms with van der Waals surface area (Å²) < 4.78 is 20.6. The van der Waals surface area contributed by atoms with E-state index in [-0.39, 0.29) is 12.3 Å². The van der Waals surface area contributed by atoms with Gasteiger partial charge >= 0.3 is 0 Å². The molecule has 4 rings (SSSR count). The summed E-state index contributed by atoms with van der Waals surface area (Å²) in [5.74, 6) is 0.0637. The molecule has 0 aliphatic heterocycles. The predicted octanol–water partition coefficient (Wildman–Crippen LogP) is 4.53. The van der Waals surface area contributed by atoms with Crippen LogP contribution in [0.3, 0.4) is 0 Å². The molecule has 1 aromatic heterocycles. The Kier molecular flexibility index (Phi) is 5.66. The van der Waals surface area contributed by atoms with E-state index in [9.17, 15) is 14.0 Å². The lowest BCUT2D eigenvalue weighted by molar-refractivity contribution is -0.333. The molecule has 4 aromatic rings. The molecule has 1 unspecified atom stereocenters. The Bertz CT molecular complexity index is 1200. The van der Waals surface area contributed by atoms with E-state index in [2.05, 4.69) is 0 Å². The Morgan fingerprint density at radius 3 is 2.41 bits per heavy atom. The summed E-state index contributed by atoms with van der Waals surface area (Å²) in [6.07, 6.45) is 0. The monoisotopic (exact) mass is 408 g/mol. The second kappa shape index (κ2) is 8.36. The highest BCUT2D eigenvalue weighted by Crippen LogP contribution is 2.33. The van der Waals surface area contributed by atoms with Gasteiger partial charge in [-0.3, -0.25) is 10.0 Å². The van der Waals surface area contributed by atoms with Gasteiger partial charge < -0.3 is 4.55 Å². The van der Waals surface area contributed by atoms with Crippen LogP contribution in [0.15, 0.2) is 66.7 Å². The smallest absolute Gasteiger partial charge is 0.157 e. The van der Waals surface area contributed by atoms with Crippen molar-refractivity contribution in [3.05, 3.63) is 77.9 Å². The van der Waals surface area contributed by atoms with Gasteiger partial charge in [-0.1, -0.05) is 53.8 Å². The van der Waals surface area contributed by atoms with Gasteiger partial charge in [0.25, 0.3) is 0 Å². The molecule has 7 heteroatoms. The third kappa shape index (κ3) is 4.19. The first-order chi connectivity index (χ1) is 14.0. The van der Waals surface area contributed by atoms with Crippen LogP contribution in [0, 0.1) is 0 Å². The lowest BCUT2D eigenvalue weighted by atomic mass is 9.97. The average Bonchev–Trinajstić information content (AvgIpc) is 2.73. The van der Waals surface area contributed by atoms with Gasteiger partial charge in [0.1, 0.15) is 0 Å². The van der Waals surface area contributed by atoms with E-state index in [4.69, 9.17) is 9.82 Å². The van der Waals surface area contributed by atoms with Gasteiger partial charge in [0.15, 0.2) is 11.1 Å². The fourth-order valence-corrected chi connectivity index (χ4v) is 3.93. The zero-order chi connectivity index (χ0) is 20.4. The third-order valence-electron chi connectivity index (χ3n) is 4.79. The van der Waals surface area contributed by atoms with E-state index in [0.29, 0.717) is 0 Å². The van der Waals surface area contributed by atoms with Crippen LogP contribution in [0.1, 0.15) is 11.1 Å². The SMILES string of the molecule is CON(O)Cc1ccc2nc(-c3ccccc3)c3ccc(CS(=O)O)cc3c2c1. The van der Waals surface area contributed by atoms with Crippen molar-refractivity contribution in [3.63, 3.8) is 0 Å². The van der Waals surface area contributed by atoms with E-state index in [1.165, 1.54) is 7.11 Å². The fraction of sp³-hybridized carbons (Fsp3) is 0.136. The van der Waals surface area contributed by atoms with Crippen LogP contribution in [-0.4, -0.2) is 31.3 Å². The van der Waals surface area contributed by atoms with Crippen molar-refractivity contribution >= 4 is 32.8 Å². The molecule has 6 nitrogen and oxygen atoms in total. The van der Waals surface area contributed by atoms with Gasteiger partial charge in [0.05, 0.1) is 30.6 Å². The van der Waals surface area contributed by atoms with Crippen molar-refractivity contribution in [3.8, 4) is 11.3 Å². The molecule has 1 heterocycles. The molecule has 0 bridgehead atoms. The summed E-state index contributed by atoms with van der Waals surface area (Å²) in [7, 11) is 1.39. The summed E-state index contributed by atoms with van der Waals surface area (Å²) in [6.45, 7) is 0.203. The van der Waals surface area contributed by atoms with Crippen molar-refractivity contribution in [2.75, 3.05) is 7.11 Å². The summed E-state index contributed by atoms with van der Waals surface area (Å²) >= 11 is -1.92. The number of rotatable bonds is 6. The highest BCUT2D eigenvalue weighted by molar-refractivity contribution is 7.78. The molecule has 0 aliphatic carbocycles. The predicted molar refractivity (Wildman–Crippen MR) is 113 cm³/mol. The Labute approximate surface area is 170 Å². The normalized spacial score (nSPS) is 12.7. The minimum Gasteiger partial charge on any atom is -0.306 e. The van der Waals surface area contributed by atoms with E-state index in [1.807, 2.05) is 66.7 Å². The second-order valence-corrected chi connectivity index (χ2v) is 7.65. The average molecular weight is 408 g/mol. The van der Waals surface area contributed by atoms with Crippen molar-refractivity contribution in [1.82, 2.24) is 10.2 Å². The minimum absolute atomic E-state index is 0.0637. The minimum atomic E-state index is -1.92. The number of fused-ring (bicyclic) bond motifs is 3. The zero-order valence-electron chi connectivity index (χ0n) is 15.8. The standard InChI is InChI=1S/C22H20N2O4S/c1-28-24(25)13-15-8-10-21-20(11-15)19-12-16(14-29(26)27)7-9-18(19)22(23-21)17-5-3-2-4-6-17/h2-12,25H,13-14H2,1H3,(H,26,27). The molecule has 0 aliphatic rings. The molecule has 0 saturated heterocycles. The summed E-state index contributed by atoms with van der Waals surface area (Å²) in [6, 6.07) is 21.5. The molecule has 148 valence electrons. The maximum Gasteiger partial charge on any atom is 0.157 e. The highest BCUT2D eigenvalue weighted by atomic mass is 32.2. The van der Waals surface area contributed by atoms with Crippen molar-refractivity contribution < 1.29 is 18.8 Å². The van der Waals surface area contributed by atoms with E-state index >= 15 is 0 Å². The van der Waals surface area contributed by atoms with Gasteiger partial charge in [0.2, 0.25) is 0 Å². The Morgan fingerprint density at radius 1 is 0.966 bits per heavy atom. The van der Waals surface area contributed by atoms with Crippen LogP contribution in [0.5, 0.6) is 0 Å². The molecular formula is C22H20N2O4S. The van der Waals surface area contributed by atoms with Crippen molar-refractivity contribution in [2.24, 2.45) is 0 Å². The molecule has 0 radical (unpaired) electrons. The van der Waals surface area contributed by atoms with Crippen LogP contribution in [-0.2, 0) is 28.2 Å². The topological polar surface area (TPSA) is 82.9 Å². The van der Waals surface area contributed by atoms with Gasteiger partial charge in [-0.2, -0.15) is 0 Å². The van der Waals surface area contributed by atoms with Crippen LogP contribution >= 0.6 is 0 Å². The van der Waals surface area contributed by atoms with Crippen LogP contribution in [0.4, 0.5) is 0 Å². The fourth-order valence-electron chi connectivity index (χ4n) is 3.47. The number of hydrogen-bond acceptors (Lipinski definition) is 5. The number of hydrogen-bond donors (Lipinski definition) is 2. The first-order valence-electron chi connectivity index (χ1n) is 9.04. The number of aromatic nitrogens is 1. The maximum absolute atomic E-state index is 11.3. The Hall–Kier alpha value is -2.68. The van der Waals surface area contributed by atoms with Crippen molar-refractivity contribution in [2.45, 2.75) is 12.3 Å². The van der Waals surface area contributed by atoms with Gasteiger partial charge in [0, 0.05) is 16.3 Å². The molecule has 2 N–H and O–H groups in total. The summed E-state index contributed by atoms with van der Waals surface area (Å²) in [5.41, 5.74) is 4.30.